The van der Waals surface area contributed by atoms with Gasteiger partial charge in [-0.1, -0.05) is 139 Å². The Kier molecular flexibility index (Phi) is 3.04. The van der Waals surface area contributed by atoms with Crippen LogP contribution in [0.2, 0.25) is 0 Å². The molecule has 6 nitrogen and oxygen atoms in total. The molecule has 0 fully saturated rings. The second-order valence-corrected chi connectivity index (χ2v) is 12.1. The summed E-state index contributed by atoms with van der Waals surface area (Å²) in [6.07, 6.45) is 0. The zero-order chi connectivity index (χ0) is 63.6. The number of nitrogens with zero attached hydrogens (tertiary/aromatic N) is 4. The molecule has 0 aliphatic rings. The lowest BCUT2D eigenvalue weighted by molar-refractivity contribution is 0.667. The lowest BCUT2D eigenvalue weighted by atomic mass is 9.98. The first kappa shape index (κ1) is 14.0. The minimum Gasteiger partial charge on any atom is -0.455 e. The zero-order valence-corrected chi connectivity index (χ0v) is 28.1. The largest absolute Gasteiger partial charge is 0.455 e. The summed E-state index contributed by atoms with van der Waals surface area (Å²) >= 11 is 0. The Labute approximate surface area is 368 Å². The molecule has 0 aliphatic heterocycles. The van der Waals surface area contributed by atoms with Crippen molar-refractivity contribution in [2.45, 2.75) is 0 Å². The van der Waals surface area contributed by atoms with E-state index in [1.807, 2.05) is 0 Å². The van der Waals surface area contributed by atoms with Crippen molar-refractivity contribution < 1.29 is 50.0 Å². The molecule has 12 rings (SSSR count). The molecule has 0 bridgehead atoms. The number of aromatic nitrogens is 4. The summed E-state index contributed by atoms with van der Waals surface area (Å²) in [5, 5.41) is -3.20. The van der Waals surface area contributed by atoms with Gasteiger partial charge >= 0.3 is 0 Å². The molecule has 57 heavy (non-hydrogen) atoms. The molecule has 12 aromatic rings. The van der Waals surface area contributed by atoms with E-state index in [0.717, 1.165) is 4.57 Å². The molecular weight excluding hydrogens is 701 g/mol. The van der Waals surface area contributed by atoms with Crippen molar-refractivity contribution in [2.24, 2.45) is 0 Å². The third-order valence-corrected chi connectivity index (χ3v) is 9.03. The van der Waals surface area contributed by atoms with Gasteiger partial charge in [-0.2, -0.15) is 0 Å². The maximum Gasteiger partial charge on any atom is 0.164 e. The average Bonchev–Trinajstić information content (AvgIpc) is 1.54. The van der Waals surface area contributed by atoms with Gasteiger partial charge in [-0.05, 0) is 47.9 Å². The van der Waals surface area contributed by atoms with Crippen molar-refractivity contribution in [3.8, 4) is 51.0 Å². The molecule has 0 unspecified atom stereocenters. The molecule has 4 aromatic heterocycles. The first-order chi connectivity index (χ1) is 40.7. The molecule has 0 amide bonds. The summed E-state index contributed by atoms with van der Waals surface area (Å²) in [6.45, 7) is 0. The highest BCUT2D eigenvalue weighted by Crippen LogP contribution is 2.46. The van der Waals surface area contributed by atoms with Crippen molar-refractivity contribution in [1.82, 2.24) is 19.5 Å². The molecule has 0 saturated carbocycles. The minimum absolute atomic E-state index is 0.390. The van der Waals surface area contributed by atoms with Crippen molar-refractivity contribution in [1.29, 1.82) is 0 Å². The predicted octanol–water partition coefficient (Wildman–Crippen LogP) is 13.4. The normalized spacial score (nSPS) is 19.2. The maximum absolute atomic E-state index is 9.88. The molecule has 0 saturated heterocycles. The van der Waals surface area contributed by atoms with Gasteiger partial charge in [0.15, 0.2) is 23.1 Å². The van der Waals surface area contributed by atoms with Crippen LogP contribution in [-0.2, 0) is 0 Å². The Balaban J connectivity index is 1.36. The van der Waals surface area contributed by atoms with Crippen LogP contribution in [-0.4, -0.2) is 19.5 Å². The van der Waals surface area contributed by atoms with E-state index in [9.17, 15) is 12.3 Å². The van der Waals surface area contributed by atoms with Crippen molar-refractivity contribution in [2.75, 3.05) is 0 Å². The van der Waals surface area contributed by atoms with Crippen LogP contribution < -0.4 is 0 Å². The Morgan fingerprint density at radius 2 is 0.965 bits per heavy atom. The van der Waals surface area contributed by atoms with E-state index in [-0.39, 0.29) is 5.39 Å². The molecule has 0 atom stereocenters. The molecule has 8 aromatic carbocycles. The molecule has 6 heteroatoms. The van der Waals surface area contributed by atoms with Gasteiger partial charge in [-0.3, -0.25) is 0 Å². The minimum atomic E-state index is -1.10. The molecule has 0 spiro atoms. The zero-order valence-electron chi connectivity index (χ0n) is 58.1. The van der Waals surface area contributed by atoms with Crippen LogP contribution in [0.5, 0.6) is 0 Å². The van der Waals surface area contributed by atoms with E-state index < -0.39 is 293 Å². The lowest BCUT2D eigenvalue weighted by Gasteiger charge is -2.11. The Morgan fingerprint density at radius 1 is 0.368 bits per heavy atom. The van der Waals surface area contributed by atoms with Crippen LogP contribution >= 0.6 is 0 Å². The fourth-order valence-electron chi connectivity index (χ4n) is 6.69. The predicted molar refractivity (Wildman–Crippen MR) is 230 cm³/mol. The summed E-state index contributed by atoms with van der Waals surface area (Å²) in [4.78, 5) is 13.1. The monoisotopic (exact) mass is 760 g/mol. The van der Waals surface area contributed by atoms with E-state index >= 15 is 0 Å². The number of hydrogen-bond donors (Lipinski definition) is 0. The maximum atomic E-state index is 9.88. The Morgan fingerprint density at radius 3 is 1.70 bits per heavy atom. The second-order valence-electron chi connectivity index (χ2n) is 12.1. The number of fused-ring (bicyclic) bond motifs is 10. The SMILES string of the molecule is [2H]c1c([2H])c([2H])c(-c2nc(-c3c([2H])c([2H])c([2H])c([2H])c3[2H])nc(-c3c([2H])c([2H])c(-c4c([2H])c([2H])c([2H])c([2H])c4[2H])c4oc5c(-n6c7c([2H])c([2H])c([2H])c([2H])c7c7c8oc9c([2H])c([2H])c([2H])c([2H])c9c8c([2H])c([2H])c76)c([2H])c([2H])c([2H])c5c34)n2)c([2H])c1[2H]. The molecule has 0 radical (unpaired) electrons. The Bertz CT molecular complexity index is 5130. The van der Waals surface area contributed by atoms with E-state index in [0.29, 0.717) is 0 Å². The molecule has 0 aliphatic carbocycles. The smallest absolute Gasteiger partial charge is 0.164 e. The highest BCUT2D eigenvalue weighted by atomic mass is 16.3. The molecular formula is C51H30N4O2. The van der Waals surface area contributed by atoms with Gasteiger partial charge in [-0.25, -0.2) is 15.0 Å². The van der Waals surface area contributed by atoms with E-state index in [4.69, 9.17) is 37.6 Å². The molecule has 0 N–H and O–H groups in total. The summed E-state index contributed by atoms with van der Waals surface area (Å²) < 4.78 is 282. The highest BCUT2D eigenvalue weighted by molar-refractivity contribution is 6.25. The number of benzene rings is 8. The first-order valence-electron chi connectivity index (χ1n) is 31.6. The van der Waals surface area contributed by atoms with Gasteiger partial charge < -0.3 is 13.4 Å². The number of hydrogen-bond acceptors (Lipinski definition) is 5. The van der Waals surface area contributed by atoms with Gasteiger partial charge in [0, 0.05) is 49.2 Å². The number of furan rings is 2. The van der Waals surface area contributed by atoms with Gasteiger partial charge in [0.2, 0.25) is 0 Å². The van der Waals surface area contributed by atoms with Crippen molar-refractivity contribution in [3.63, 3.8) is 0 Å². The van der Waals surface area contributed by atoms with Crippen LogP contribution in [0.15, 0.2) is 190 Å². The van der Waals surface area contributed by atoms with Gasteiger partial charge in [0.1, 0.15) is 16.7 Å². The van der Waals surface area contributed by atoms with Gasteiger partial charge in [0.05, 0.1) is 63.2 Å². The fraction of sp³-hybridized carbons (Fsp3) is 0. The number of rotatable bonds is 5. The van der Waals surface area contributed by atoms with Crippen molar-refractivity contribution >= 4 is 65.7 Å². The van der Waals surface area contributed by atoms with Crippen LogP contribution in [0.1, 0.15) is 41.1 Å². The summed E-state index contributed by atoms with van der Waals surface area (Å²) in [5.74, 6) is -2.71. The summed E-state index contributed by atoms with van der Waals surface area (Å²) in [6, 6.07) is -27.8. The standard InChI is InChI=1S/C51H30N4O2/c1-4-15-31(16-5-1)34-27-28-39(51-53-49(32-17-6-2-7-18-32)52-50(54-51)33-19-8-3-9-20-33)44-38-23-14-25-42(46(38)57-47(34)44)55-40-24-12-10-22-37(40)45-41(55)30-29-36-35-21-11-13-26-43(35)56-48(36)45/h1-30H/i1D,2D,3D,4D,5D,6D,7D,8D,9D,10D,11D,12D,13D,14D,15D,16D,17D,18D,19D,20D,21D,22D,23D,24D,25D,26D,27D,28D,29D,30D. The van der Waals surface area contributed by atoms with Crippen LogP contribution in [0.4, 0.5) is 0 Å². The molecule has 266 valence electrons. The highest BCUT2D eigenvalue weighted by Gasteiger charge is 2.25. The van der Waals surface area contributed by atoms with E-state index in [1.165, 1.54) is 0 Å². The van der Waals surface area contributed by atoms with Gasteiger partial charge in [0.25, 0.3) is 0 Å². The topological polar surface area (TPSA) is 69.9 Å². The van der Waals surface area contributed by atoms with E-state index in [2.05, 4.69) is 15.0 Å². The van der Waals surface area contributed by atoms with Gasteiger partial charge in [-0.15, -0.1) is 0 Å². The third-order valence-electron chi connectivity index (χ3n) is 9.03. The van der Waals surface area contributed by atoms with Crippen LogP contribution in [0.25, 0.3) is 117 Å². The van der Waals surface area contributed by atoms with Crippen LogP contribution in [0, 0.1) is 0 Å². The quantitative estimate of drug-likeness (QED) is 0.175. The fourth-order valence-corrected chi connectivity index (χ4v) is 6.69. The molecule has 4 heterocycles. The average molecular weight is 761 g/mol. The second kappa shape index (κ2) is 12.3. The van der Waals surface area contributed by atoms with Crippen LogP contribution in [0.3, 0.4) is 0 Å². The number of para-hydroxylation sites is 3. The summed E-state index contributed by atoms with van der Waals surface area (Å²) in [5.41, 5.74) is -8.82. The lowest BCUT2D eigenvalue weighted by Crippen LogP contribution is -2.00. The first-order valence-corrected chi connectivity index (χ1v) is 16.6. The van der Waals surface area contributed by atoms with Crippen molar-refractivity contribution in [3.05, 3.63) is 181 Å². The summed E-state index contributed by atoms with van der Waals surface area (Å²) in [7, 11) is 0. The third kappa shape index (κ3) is 4.81. The van der Waals surface area contributed by atoms with E-state index in [1.54, 1.807) is 0 Å². The Hall–Kier alpha value is -7.83.